The smallest absolute Gasteiger partial charge is 0.265 e. The monoisotopic (exact) mass is 289 g/mol. The molecule has 0 atom stereocenters. The predicted molar refractivity (Wildman–Crippen MR) is 55.5 cm³/mol. The average molecular weight is 289 g/mol. The Hall–Kier alpha value is -1.22. The summed E-state index contributed by atoms with van der Waals surface area (Å²) in [5.41, 5.74) is 0. The lowest BCUT2D eigenvalue weighted by Crippen LogP contribution is -2.12. The summed E-state index contributed by atoms with van der Waals surface area (Å²) >= 11 is 0. The van der Waals surface area contributed by atoms with Gasteiger partial charge in [-0.05, 0) is 23.1 Å². The molecule has 104 valence electrons. The van der Waals surface area contributed by atoms with Crippen molar-refractivity contribution in [1.29, 1.82) is 0 Å². The predicted octanol–water partition coefficient (Wildman–Crippen LogP) is 2.64. The summed E-state index contributed by atoms with van der Waals surface area (Å²) in [6.45, 7) is 0. The van der Waals surface area contributed by atoms with Crippen molar-refractivity contribution in [3.63, 3.8) is 0 Å². The highest BCUT2D eigenvalue weighted by Crippen LogP contribution is 2.21. The van der Waals surface area contributed by atoms with Gasteiger partial charge in [-0.15, -0.1) is 0 Å². The molecule has 0 saturated heterocycles. The third-order valence-electron chi connectivity index (χ3n) is 1.52. The second-order valence-corrected chi connectivity index (χ2v) is 4.72. The first kappa shape index (κ1) is 16.8. The third-order valence-corrected chi connectivity index (χ3v) is 2.50. The lowest BCUT2D eigenvalue weighted by Gasteiger charge is -2.03. The fourth-order valence-corrected chi connectivity index (χ4v) is 1.35. The van der Waals surface area contributed by atoms with Gasteiger partial charge in [0.2, 0.25) is 0 Å². The van der Waals surface area contributed by atoms with E-state index in [4.69, 9.17) is 0 Å². The first-order valence-electron chi connectivity index (χ1n) is 4.71. The van der Waals surface area contributed by atoms with Gasteiger partial charge in [-0.25, -0.2) is 0 Å². The Bertz CT molecular complexity index is 381. The molecular weight excluding hydrogens is 278 g/mol. The van der Waals surface area contributed by atoms with Gasteiger partial charge in [0.25, 0.3) is 10.1 Å². The van der Waals surface area contributed by atoms with Crippen LogP contribution in [0.2, 0.25) is 0 Å². The molecule has 4 nitrogen and oxygen atoms in total. The fourth-order valence-electron chi connectivity index (χ4n) is 0.793. The molecule has 0 radical (unpaired) electrons. The summed E-state index contributed by atoms with van der Waals surface area (Å²) in [6.07, 6.45) is -2.89. The number of hydrogen-bond acceptors (Lipinski definition) is 4. The largest absolute Gasteiger partial charge is 0.389 e. The van der Waals surface area contributed by atoms with Crippen molar-refractivity contribution in [1.82, 2.24) is 4.98 Å². The third kappa shape index (κ3) is 11.3. The van der Waals surface area contributed by atoms with Crippen LogP contribution in [-0.2, 0) is 14.5 Å². The van der Waals surface area contributed by atoms with Gasteiger partial charge in [-0.2, -0.15) is 21.6 Å². The maximum Gasteiger partial charge on any atom is 0.389 e. The topological polar surface area (TPSA) is 56.3 Å². The standard InChI is InChI=1S/C5H5N.C4H6F4O3S/c1-2-4-6-5-3-1;5-4(6,7)2-1-3-12(9,10)11-8/h1-5H;1-3H2. The van der Waals surface area contributed by atoms with Crippen molar-refractivity contribution in [2.45, 2.75) is 19.0 Å². The van der Waals surface area contributed by atoms with Crippen LogP contribution in [0.5, 0.6) is 0 Å². The van der Waals surface area contributed by atoms with Crippen LogP contribution in [0.4, 0.5) is 17.7 Å². The Kier molecular flexibility index (Phi) is 7.44. The summed E-state index contributed by atoms with van der Waals surface area (Å²) in [5, 5.41) is 0. The minimum absolute atomic E-state index is 0.699. The van der Waals surface area contributed by atoms with Gasteiger partial charge in [0.1, 0.15) is 0 Å². The Labute approximate surface area is 102 Å². The highest BCUT2D eigenvalue weighted by Gasteiger charge is 2.27. The lowest BCUT2D eigenvalue weighted by atomic mass is 10.3. The van der Waals surface area contributed by atoms with Crippen molar-refractivity contribution in [2.75, 3.05) is 5.75 Å². The molecule has 0 fully saturated rings. The summed E-state index contributed by atoms with van der Waals surface area (Å²) in [6, 6.07) is 5.72. The molecule has 9 heteroatoms. The molecule has 1 aromatic rings. The van der Waals surface area contributed by atoms with E-state index in [2.05, 4.69) is 9.37 Å². The van der Waals surface area contributed by atoms with Crippen LogP contribution in [0.3, 0.4) is 0 Å². The Morgan fingerprint density at radius 3 is 1.94 bits per heavy atom. The summed E-state index contributed by atoms with van der Waals surface area (Å²) in [5.74, 6) is -0.969. The van der Waals surface area contributed by atoms with Gasteiger partial charge < -0.3 is 0 Å². The van der Waals surface area contributed by atoms with E-state index in [1.807, 2.05) is 18.2 Å². The first-order chi connectivity index (χ1) is 8.27. The van der Waals surface area contributed by atoms with Crippen molar-refractivity contribution in [3.8, 4) is 0 Å². The normalized spacial score (nSPS) is 11.6. The molecular formula is C9H11F4NO3S. The van der Waals surface area contributed by atoms with E-state index in [-0.39, 0.29) is 0 Å². The van der Waals surface area contributed by atoms with Crippen LogP contribution >= 0.6 is 0 Å². The van der Waals surface area contributed by atoms with Crippen LogP contribution in [0.25, 0.3) is 0 Å². The molecule has 0 bridgehead atoms. The number of alkyl halides is 3. The number of rotatable bonds is 4. The van der Waals surface area contributed by atoms with E-state index in [1.165, 1.54) is 0 Å². The van der Waals surface area contributed by atoms with Gasteiger partial charge in [0, 0.05) is 18.8 Å². The summed E-state index contributed by atoms with van der Waals surface area (Å²) in [7, 11) is -4.41. The van der Waals surface area contributed by atoms with Crippen LogP contribution < -0.4 is 0 Å². The molecule has 1 heterocycles. The van der Waals surface area contributed by atoms with Gasteiger partial charge in [0.15, 0.2) is 0 Å². The van der Waals surface area contributed by atoms with Gasteiger partial charge >= 0.3 is 6.18 Å². The molecule has 0 unspecified atom stereocenters. The Balaban J connectivity index is 0.000000397. The Morgan fingerprint density at radius 2 is 1.67 bits per heavy atom. The first-order valence-corrected chi connectivity index (χ1v) is 6.29. The molecule has 0 saturated carbocycles. The maximum atomic E-state index is 11.4. The quantitative estimate of drug-likeness (QED) is 0.800. The second kappa shape index (κ2) is 7.98. The van der Waals surface area contributed by atoms with Crippen molar-refractivity contribution in [2.24, 2.45) is 0 Å². The van der Waals surface area contributed by atoms with E-state index < -0.39 is 34.9 Å². The number of aromatic nitrogens is 1. The molecule has 0 aliphatic heterocycles. The van der Waals surface area contributed by atoms with E-state index in [0.717, 1.165) is 0 Å². The van der Waals surface area contributed by atoms with Crippen LogP contribution in [0, 0.1) is 0 Å². The molecule has 18 heavy (non-hydrogen) atoms. The summed E-state index contributed by atoms with van der Waals surface area (Å²) < 4.78 is 67.9. The molecule has 0 spiro atoms. The van der Waals surface area contributed by atoms with Gasteiger partial charge in [-0.3, -0.25) is 4.98 Å². The molecule has 1 rings (SSSR count). The van der Waals surface area contributed by atoms with Crippen LogP contribution in [-0.4, -0.2) is 25.3 Å². The zero-order valence-corrected chi connectivity index (χ0v) is 9.92. The van der Waals surface area contributed by atoms with Crippen LogP contribution in [0.15, 0.2) is 30.6 Å². The minimum Gasteiger partial charge on any atom is -0.265 e. The highest BCUT2D eigenvalue weighted by molar-refractivity contribution is 7.86. The average Bonchev–Trinajstić information content (AvgIpc) is 2.30. The molecule has 1 aromatic heterocycles. The van der Waals surface area contributed by atoms with Crippen molar-refractivity contribution in [3.05, 3.63) is 30.6 Å². The molecule has 0 amide bonds. The van der Waals surface area contributed by atoms with E-state index in [1.54, 1.807) is 12.4 Å². The SMILES string of the molecule is O=S(=O)(CCCC(F)(F)F)OF.c1ccncc1. The van der Waals surface area contributed by atoms with Gasteiger partial charge in [-0.1, -0.05) is 10.5 Å². The lowest BCUT2D eigenvalue weighted by molar-refractivity contribution is -0.134. The molecule has 0 aliphatic carbocycles. The number of halogens is 4. The number of hydrogen-bond donors (Lipinski definition) is 0. The fraction of sp³-hybridized carbons (Fsp3) is 0.444. The Morgan fingerprint density at radius 1 is 1.11 bits per heavy atom. The summed E-state index contributed by atoms with van der Waals surface area (Å²) in [4.78, 5) is 3.78. The van der Waals surface area contributed by atoms with Crippen molar-refractivity contribution >= 4 is 10.1 Å². The second-order valence-electron chi connectivity index (χ2n) is 3.07. The zero-order chi connectivity index (χ0) is 14.1. The van der Waals surface area contributed by atoms with E-state index >= 15 is 0 Å². The molecule has 0 aliphatic rings. The number of pyridine rings is 1. The van der Waals surface area contributed by atoms with Crippen LogP contribution in [0.1, 0.15) is 12.8 Å². The maximum absolute atomic E-state index is 11.4. The highest BCUT2D eigenvalue weighted by atomic mass is 32.2. The molecule has 0 aromatic carbocycles. The van der Waals surface area contributed by atoms with E-state index in [0.29, 0.717) is 0 Å². The minimum atomic E-state index is -4.42. The molecule has 0 N–H and O–H groups in total. The zero-order valence-electron chi connectivity index (χ0n) is 9.10. The van der Waals surface area contributed by atoms with E-state index in [9.17, 15) is 26.1 Å². The van der Waals surface area contributed by atoms with Crippen molar-refractivity contribution < 1.29 is 30.5 Å². The number of nitrogens with zero attached hydrogens (tertiary/aromatic N) is 1. The van der Waals surface area contributed by atoms with Gasteiger partial charge in [0.05, 0.1) is 5.75 Å².